The van der Waals surface area contributed by atoms with E-state index in [1.807, 2.05) is 24.5 Å². The first kappa shape index (κ1) is 10.1. The Morgan fingerprint density at radius 2 is 2.00 bits per heavy atom. The lowest BCUT2D eigenvalue weighted by Gasteiger charge is -1.99. The molecule has 2 heterocycles. The van der Waals surface area contributed by atoms with Crippen LogP contribution in [-0.2, 0) is 13.0 Å². The highest BCUT2D eigenvalue weighted by Gasteiger charge is 2.25. The van der Waals surface area contributed by atoms with Crippen LogP contribution in [0, 0.1) is 0 Å². The molecule has 1 aromatic heterocycles. The van der Waals surface area contributed by atoms with E-state index in [1.54, 1.807) is 4.68 Å². The lowest BCUT2D eigenvalue weighted by atomic mass is 10.3. The fraction of sp³-hybridized carbons (Fsp3) is 0.273. The molecular weight excluding hydrogens is 245 g/mol. The van der Waals surface area contributed by atoms with E-state index in [1.165, 1.54) is 6.42 Å². The maximum atomic E-state index is 6.13. The van der Waals surface area contributed by atoms with Crippen LogP contribution >= 0.6 is 23.2 Å². The molecule has 82 valence electrons. The number of hydrogen-bond donors (Lipinski definition) is 0. The summed E-state index contributed by atoms with van der Waals surface area (Å²) >= 11 is 12.3. The van der Waals surface area contributed by atoms with Crippen molar-refractivity contribution in [1.29, 1.82) is 0 Å². The molecule has 16 heavy (non-hydrogen) atoms. The van der Waals surface area contributed by atoms with Crippen molar-refractivity contribution in [2.45, 2.75) is 19.4 Å². The van der Waals surface area contributed by atoms with Crippen molar-refractivity contribution < 1.29 is 4.57 Å². The zero-order valence-electron chi connectivity index (χ0n) is 8.53. The smallest absolute Gasteiger partial charge is 0.234 e. The second-order valence-corrected chi connectivity index (χ2v) is 4.66. The van der Waals surface area contributed by atoms with Gasteiger partial charge in [-0.3, -0.25) is 0 Å². The summed E-state index contributed by atoms with van der Waals surface area (Å²) in [6.45, 7) is 1.03. The van der Waals surface area contributed by atoms with Crippen molar-refractivity contribution in [3.63, 3.8) is 0 Å². The number of fused-ring (bicyclic) bond motifs is 1. The molecule has 0 aliphatic carbocycles. The van der Waals surface area contributed by atoms with Gasteiger partial charge in [0.2, 0.25) is 6.33 Å². The minimum absolute atomic E-state index is 0.620. The van der Waals surface area contributed by atoms with Crippen LogP contribution in [0.2, 0.25) is 10.0 Å². The molecule has 1 aromatic carbocycles. The lowest BCUT2D eigenvalue weighted by Crippen LogP contribution is -2.29. The van der Waals surface area contributed by atoms with Gasteiger partial charge in [0, 0.05) is 11.5 Å². The highest BCUT2D eigenvalue weighted by atomic mass is 35.5. The summed E-state index contributed by atoms with van der Waals surface area (Å²) < 4.78 is 3.90. The van der Waals surface area contributed by atoms with Crippen molar-refractivity contribution in [2.24, 2.45) is 0 Å². The minimum Gasteiger partial charge on any atom is -0.234 e. The van der Waals surface area contributed by atoms with Crippen LogP contribution in [0.3, 0.4) is 0 Å². The van der Waals surface area contributed by atoms with Gasteiger partial charge in [-0.15, -0.1) is 0 Å². The monoisotopic (exact) mass is 254 g/mol. The van der Waals surface area contributed by atoms with Crippen molar-refractivity contribution >= 4 is 23.2 Å². The Hall–Kier alpha value is -1.06. The van der Waals surface area contributed by atoms with Crippen molar-refractivity contribution in [2.75, 3.05) is 0 Å². The van der Waals surface area contributed by atoms with Gasteiger partial charge in [-0.1, -0.05) is 34.0 Å². The van der Waals surface area contributed by atoms with Crippen LogP contribution in [0.25, 0.3) is 5.69 Å². The lowest BCUT2D eigenvalue weighted by molar-refractivity contribution is -0.691. The van der Waals surface area contributed by atoms with E-state index >= 15 is 0 Å². The molecule has 1 aliphatic heterocycles. The summed E-state index contributed by atoms with van der Waals surface area (Å²) in [4.78, 5) is 0. The second-order valence-electron chi connectivity index (χ2n) is 3.84. The molecule has 0 N–H and O–H groups in total. The van der Waals surface area contributed by atoms with E-state index < -0.39 is 0 Å². The van der Waals surface area contributed by atoms with Gasteiger partial charge < -0.3 is 0 Å². The molecule has 2 aromatic rings. The first-order valence-electron chi connectivity index (χ1n) is 5.18. The van der Waals surface area contributed by atoms with Gasteiger partial charge in [0.15, 0.2) is 5.69 Å². The van der Waals surface area contributed by atoms with Gasteiger partial charge in [-0.05, 0) is 18.6 Å². The van der Waals surface area contributed by atoms with Gasteiger partial charge in [0.05, 0.1) is 16.6 Å². The zero-order valence-corrected chi connectivity index (χ0v) is 10.0. The molecule has 0 fully saturated rings. The van der Waals surface area contributed by atoms with Crippen LogP contribution < -0.4 is 4.57 Å². The molecule has 0 bridgehead atoms. The quantitative estimate of drug-likeness (QED) is 0.717. The SMILES string of the molecule is Clc1cccc(Cl)c1-n1c[n+]2c(n1)CCC2. The molecule has 0 saturated carbocycles. The Morgan fingerprint density at radius 1 is 1.25 bits per heavy atom. The highest BCUT2D eigenvalue weighted by molar-refractivity contribution is 6.37. The standard InChI is InChI=1S/C11H10Cl2N3/c12-8-3-1-4-9(13)11(8)16-7-15-6-2-5-10(15)14-16/h1,3-4,7H,2,5-6H2/q+1. The number of benzene rings is 1. The number of aromatic nitrogens is 3. The van der Waals surface area contributed by atoms with E-state index in [-0.39, 0.29) is 0 Å². The molecule has 0 radical (unpaired) electrons. The van der Waals surface area contributed by atoms with Crippen molar-refractivity contribution in [3.05, 3.63) is 40.4 Å². The number of halogens is 2. The first-order chi connectivity index (χ1) is 7.75. The Labute approximate surface area is 103 Å². The Morgan fingerprint density at radius 3 is 2.69 bits per heavy atom. The van der Waals surface area contributed by atoms with Crippen LogP contribution in [0.4, 0.5) is 0 Å². The molecule has 3 rings (SSSR count). The number of para-hydroxylation sites is 1. The van der Waals surface area contributed by atoms with Gasteiger partial charge in [0.25, 0.3) is 5.82 Å². The Kier molecular flexibility index (Phi) is 2.37. The second kappa shape index (κ2) is 3.75. The van der Waals surface area contributed by atoms with Crippen LogP contribution in [0.1, 0.15) is 12.2 Å². The number of rotatable bonds is 1. The van der Waals surface area contributed by atoms with E-state index in [0.717, 1.165) is 24.5 Å². The summed E-state index contributed by atoms with van der Waals surface area (Å²) in [5.74, 6) is 1.09. The summed E-state index contributed by atoms with van der Waals surface area (Å²) in [5, 5.41) is 5.73. The summed E-state index contributed by atoms with van der Waals surface area (Å²) in [7, 11) is 0. The number of nitrogens with zero attached hydrogens (tertiary/aromatic N) is 3. The molecule has 1 aliphatic rings. The minimum atomic E-state index is 0.620. The average molecular weight is 255 g/mol. The molecular formula is C11H10Cl2N3+. The van der Waals surface area contributed by atoms with Crippen LogP contribution in [-0.4, -0.2) is 9.78 Å². The third kappa shape index (κ3) is 1.51. The van der Waals surface area contributed by atoms with Crippen LogP contribution in [0.5, 0.6) is 0 Å². The summed E-state index contributed by atoms with van der Waals surface area (Å²) in [6, 6.07) is 5.47. The highest BCUT2D eigenvalue weighted by Crippen LogP contribution is 2.27. The molecule has 5 heteroatoms. The molecule has 0 amide bonds. The van der Waals surface area contributed by atoms with Crippen molar-refractivity contribution in [1.82, 2.24) is 9.78 Å². The third-order valence-corrected chi connectivity index (χ3v) is 3.38. The topological polar surface area (TPSA) is 21.7 Å². The Bertz CT molecular complexity index is 506. The maximum Gasteiger partial charge on any atom is 0.278 e. The van der Waals surface area contributed by atoms with Crippen LogP contribution in [0.15, 0.2) is 24.5 Å². The number of aryl methyl sites for hydroxylation is 2. The summed E-state index contributed by atoms with van der Waals surface area (Å²) in [5.41, 5.74) is 0.757. The number of hydrogen-bond acceptors (Lipinski definition) is 1. The van der Waals surface area contributed by atoms with Gasteiger partial charge in [-0.25, -0.2) is 4.57 Å². The Balaban J connectivity index is 2.15. The van der Waals surface area contributed by atoms with Gasteiger partial charge in [-0.2, -0.15) is 0 Å². The zero-order chi connectivity index (χ0) is 11.1. The predicted molar refractivity (Wildman–Crippen MR) is 62.1 cm³/mol. The average Bonchev–Trinajstić information content (AvgIpc) is 2.77. The fourth-order valence-electron chi connectivity index (χ4n) is 2.01. The fourth-order valence-corrected chi connectivity index (χ4v) is 2.58. The van der Waals surface area contributed by atoms with E-state index in [0.29, 0.717) is 10.0 Å². The van der Waals surface area contributed by atoms with Gasteiger partial charge >= 0.3 is 0 Å². The molecule has 0 saturated heterocycles. The molecule has 3 nitrogen and oxygen atoms in total. The van der Waals surface area contributed by atoms with E-state index in [4.69, 9.17) is 23.2 Å². The maximum absolute atomic E-state index is 6.13. The van der Waals surface area contributed by atoms with Gasteiger partial charge in [0.1, 0.15) is 0 Å². The third-order valence-electron chi connectivity index (χ3n) is 2.77. The summed E-state index contributed by atoms with van der Waals surface area (Å²) in [6.07, 6.45) is 4.14. The van der Waals surface area contributed by atoms with E-state index in [9.17, 15) is 0 Å². The predicted octanol–water partition coefficient (Wildman–Crippen LogP) is 2.41. The molecule has 0 spiro atoms. The normalized spacial score (nSPS) is 14.1. The van der Waals surface area contributed by atoms with Crippen molar-refractivity contribution in [3.8, 4) is 5.69 Å². The van der Waals surface area contributed by atoms with E-state index in [2.05, 4.69) is 9.67 Å². The molecule has 0 unspecified atom stereocenters. The largest absolute Gasteiger partial charge is 0.278 e. The first-order valence-corrected chi connectivity index (χ1v) is 5.93. The molecule has 0 atom stereocenters.